The van der Waals surface area contributed by atoms with E-state index in [1.807, 2.05) is 6.92 Å². The van der Waals surface area contributed by atoms with Gasteiger partial charge in [0.05, 0.1) is 18.7 Å². The van der Waals surface area contributed by atoms with E-state index in [2.05, 4.69) is 15.9 Å². The van der Waals surface area contributed by atoms with E-state index in [1.54, 1.807) is 12.1 Å². The highest BCUT2D eigenvalue weighted by Gasteiger charge is 2.34. The Morgan fingerprint density at radius 3 is 2.74 bits per heavy atom. The number of fused-ring (bicyclic) bond motifs is 1. The Balaban J connectivity index is 2.24. The summed E-state index contributed by atoms with van der Waals surface area (Å²) in [4.78, 5) is 12.1. The molecule has 1 saturated heterocycles. The second kappa shape index (κ2) is 4.42. The van der Waals surface area contributed by atoms with Crippen LogP contribution in [0.15, 0.2) is 33.5 Å². The standard InChI is InChI=1S/C14H13BrFNO2/c1-14(7-19-8-14)6-17-12(18)5-2-9-10(15)3-4-11(16)13(9)17/h2-5H,6-8H2,1H3. The molecule has 2 heterocycles. The maximum absolute atomic E-state index is 14.1. The van der Waals surface area contributed by atoms with Gasteiger partial charge in [-0.05, 0) is 18.2 Å². The number of pyridine rings is 1. The lowest BCUT2D eigenvalue weighted by molar-refractivity contribution is -0.110. The molecule has 0 spiro atoms. The lowest BCUT2D eigenvalue weighted by Gasteiger charge is -2.38. The molecule has 0 bridgehead atoms. The molecule has 0 amide bonds. The van der Waals surface area contributed by atoms with Crippen LogP contribution in [0.4, 0.5) is 4.39 Å². The van der Waals surface area contributed by atoms with E-state index in [4.69, 9.17) is 4.74 Å². The number of benzene rings is 1. The fourth-order valence-electron chi connectivity index (χ4n) is 2.42. The summed E-state index contributed by atoms with van der Waals surface area (Å²) in [6, 6.07) is 6.17. The van der Waals surface area contributed by atoms with Gasteiger partial charge in [-0.2, -0.15) is 0 Å². The van der Waals surface area contributed by atoms with Gasteiger partial charge in [-0.3, -0.25) is 4.79 Å². The van der Waals surface area contributed by atoms with Crippen LogP contribution in [-0.4, -0.2) is 17.8 Å². The van der Waals surface area contributed by atoms with Gasteiger partial charge in [0.15, 0.2) is 0 Å². The van der Waals surface area contributed by atoms with Gasteiger partial charge in [0.25, 0.3) is 5.56 Å². The van der Waals surface area contributed by atoms with Crippen molar-refractivity contribution in [1.82, 2.24) is 4.57 Å². The van der Waals surface area contributed by atoms with Gasteiger partial charge in [0.1, 0.15) is 5.82 Å². The molecule has 2 aromatic rings. The minimum atomic E-state index is -0.375. The Morgan fingerprint density at radius 1 is 1.37 bits per heavy atom. The SMILES string of the molecule is CC1(Cn2c(=O)ccc3c(Br)ccc(F)c32)COC1. The van der Waals surface area contributed by atoms with E-state index < -0.39 is 0 Å². The smallest absolute Gasteiger partial charge is 0.251 e. The van der Waals surface area contributed by atoms with Crippen LogP contribution in [0.25, 0.3) is 10.9 Å². The average Bonchev–Trinajstić information content (AvgIpc) is 2.34. The Morgan fingerprint density at radius 2 is 2.11 bits per heavy atom. The van der Waals surface area contributed by atoms with E-state index in [9.17, 15) is 9.18 Å². The molecule has 3 rings (SSSR count). The van der Waals surface area contributed by atoms with E-state index in [0.717, 1.165) is 4.47 Å². The summed E-state index contributed by atoms with van der Waals surface area (Å²) in [7, 11) is 0. The van der Waals surface area contributed by atoms with Crippen molar-refractivity contribution in [3.05, 3.63) is 44.9 Å². The number of ether oxygens (including phenoxy) is 1. The Hall–Kier alpha value is -1.20. The van der Waals surface area contributed by atoms with Crippen molar-refractivity contribution in [2.24, 2.45) is 5.41 Å². The average molecular weight is 326 g/mol. The third-order valence-electron chi connectivity index (χ3n) is 3.48. The molecule has 19 heavy (non-hydrogen) atoms. The maximum atomic E-state index is 14.1. The normalized spacial score (nSPS) is 17.4. The second-order valence-corrected chi connectivity index (χ2v) is 6.21. The number of halogens is 2. The van der Waals surface area contributed by atoms with E-state index >= 15 is 0 Å². The van der Waals surface area contributed by atoms with Crippen molar-refractivity contribution in [3.8, 4) is 0 Å². The zero-order valence-electron chi connectivity index (χ0n) is 10.5. The maximum Gasteiger partial charge on any atom is 0.251 e. The molecule has 1 aliphatic heterocycles. The highest BCUT2D eigenvalue weighted by atomic mass is 79.9. The molecular formula is C14H13BrFNO2. The highest BCUT2D eigenvalue weighted by molar-refractivity contribution is 9.10. The van der Waals surface area contributed by atoms with Crippen molar-refractivity contribution in [2.75, 3.05) is 13.2 Å². The fraction of sp³-hybridized carbons (Fsp3) is 0.357. The van der Waals surface area contributed by atoms with E-state index in [-0.39, 0.29) is 16.8 Å². The molecule has 0 radical (unpaired) electrons. The van der Waals surface area contributed by atoms with E-state index in [0.29, 0.717) is 30.7 Å². The summed E-state index contributed by atoms with van der Waals surface area (Å²) in [5.41, 5.74) is 0.0833. The largest absolute Gasteiger partial charge is 0.380 e. The molecule has 1 fully saturated rings. The van der Waals surface area contributed by atoms with Crippen LogP contribution >= 0.6 is 15.9 Å². The molecule has 0 atom stereocenters. The first kappa shape index (κ1) is 12.8. The molecule has 100 valence electrons. The first-order valence-electron chi connectivity index (χ1n) is 6.05. The summed E-state index contributed by atoms with van der Waals surface area (Å²) < 4.78 is 21.6. The summed E-state index contributed by atoms with van der Waals surface area (Å²) >= 11 is 3.39. The van der Waals surface area contributed by atoms with Crippen LogP contribution in [-0.2, 0) is 11.3 Å². The topological polar surface area (TPSA) is 31.2 Å². The van der Waals surface area contributed by atoms with Gasteiger partial charge in [-0.15, -0.1) is 0 Å². The molecule has 0 unspecified atom stereocenters. The molecule has 5 heteroatoms. The zero-order chi connectivity index (χ0) is 13.6. The third kappa shape index (κ3) is 2.11. The molecule has 1 aromatic carbocycles. The Bertz CT molecular complexity index is 706. The van der Waals surface area contributed by atoms with E-state index in [1.165, 1.54) is 16.7 Å². The zero-order valence-corrected chi connectivity index (χ0v) is 12.0. The van der Waals surface area contributed by atoms with Crippen molar-refractivity contribution >= 4 is 26.8 Å². The lowest BCUT2D eigenvalue weighted by atomic mass is 9.88. The van der Waals surface area contributed by atoms with Crippen LogP contribution < -0.4 is 5.56 Å². The van der Waals surface area contributed by atoms with Crippen molar-refractivity contribution in [2.45, 2.75) is 13.5 Å². The summed E-state index contributed by atoms with van der Waals surface area (Å²) in [5.74, 6) is -0.375. The molecule has 1 aromatic heterocycles. The predicted molar refractivity (Wildman–Crippen MR) is 74.8 cm³/mol. The molecule has 0 saturated carbocycles. The number of hydrogen-bond donors (Lipinski definition) is 0. The summed E-state index contributed by atoms with van der Waals surface area (Å²) in [6.45, 7) is 3.71. The molecule has 1 aliphatic rings. The van der Waals surface area contributed by atoms with Crippen LogP contribution in [0.1, 0.15) is 6.92 Å². The van der Waals surface area contributed by atoms with Crippen LogP contribution in [0.5, 0.6) is 0 Å². The molecular weight excluding hydrogens is 313 g/mol. The number of nitrogens with zero attached hydrogens (tertiary/aromatic N) is 1. The Labute approximate surface area is 118 Å². The number of rotatable bonds is 2. The van der Waals surface area contributed by atoms with Crippen molar-refractivity contribution in [3.63, 3.8) is 0 Å². The quantitative estimate of drug-likeness (QED) is 0.850. The van der Waals surface area contributed by atoms with Gasteiger partial charge in [0.2, 0.25) is 0 Å². The van der Waals surface area contributed by atoms with Gasteiger partial charge in [-0.25, -0.2) is 4.39 Å². The monoisotopic (exact) mass is 325 g/mol. The van der Waals surface area contributed by atoms with Gasteiger partial charge in [-0.1, -0.05) is 22.9 Å². The van der Waals surface area contributed by atoms with Crippen LogP contribution in [0.2, 0.25) is 0 Å². The highest BCUT2D eigenvalue weighted by Crippen LogP contribution is 2.31. The van der Waals surface area contributed by atoms with Gasteiger partial charge in [0, 0.05) is 27.9 Å². The van der Waals surface area contributed by atoms with Crippen molar-refractivity contribution in [1.29, 1.82) is 0 Å². The first-order chi connectivity index (χ1) is 9.00. The molecule has 3 nitrogen and oxygen atoms in total. The second-order valence-electron chi connectivity index (χ2n) is 5.35. The number of aromatic nitrogens is 1. The first-order valence-corrected chi connectivity index (χ1v) is 6.85. The minimum Gasteiger partial charge on any atom is -0.380 e. The number of hydrogen-bond acceptors (Lipinski definition) is 2. The molecule has 0 aliphatic carbocycles. The van der Waals surface area contributed by atoms with Crippen LogP contribution in [0, 0.1) is 11.2 Å². The van der Waals surface area contributed by atoms with Crippen LogP contribution in [0.3, 0.4) is 0 Å². The van der Waals surface area contributed by atoms with Gasteiger partial charge >= 0.3 is 0 Å². The summed E-state index contributed by atoms with van der Waals surface area (Å²) in [6.07, 6.45) is 0. The third-order valence-corrected chi connectivity index (χ3v) is 4.18. The summed E-state index contributed by atoms with van der Waals surface area (Å²) in [5, 5.41) is 0.712. The Kier molecular flexibility index (Phi) is 2.98. The van der Waals surface area contributed by atoms with Crippen molar-refractivity contribution < 1.29 is 9.13 Å². The fourth-order valence-corrected chi connectivity index (χ4v) is 2.88. The minimum absolute atomic E-state index is 0.0904. The molecule has 0 N–H and O–H groups in total. The van der Waals surface area contributed by atoms with Gasteiger partial charge < -0.3 is 9.30 Å². The lowest BCUT2D eigenvalue weighted by Crippen LogP contribution is -2.45. The predicted octanol–water partition coefficient (Wildman–Crippen LogP) is 2.94.